The molecule has 2 aromatic rings. The highest BCUT2D eigenvalue weighted by molar-refractivity contribution is 7.92. The van der Waals surface area contributed by atoms with Gasteiger partial charge in [-0.3, -0.25) is 0 Å². The van der Waals surface area contributed by atoms with Gasteiger partial charge < -0.3 is 10.2 Å². The fraction of sp³-hybridized carbons (Fsp3) is 0.294. The van der Waals surface area contributed by atoms with Gasteiger partial charge in [-0.15, -0.1) is 0 Å². The largest absolute Gasteiger partial charge is 0.505 e. The molecule has 0 bridgehead atoms. The molecule has 0 aliphatic carbocycles. The minimum absolute atomic E-state index is 0.0447. The van der Waals surface area contributed by atoms with Crippen LogP contribution in [0.25, 0.3) is 0 Å². The summed E-state index contributed by atoms with van der Waals surface area (Å²) in [6.45, 7) is 0. The highest BCUT2D eigenvalue weighted by Crippen LogP contribution is 2.35. The third kappa shape index (κ3) is 5.56. The van der Waals surface area contributed by atoms with Crippen LogP contribution in [0.5, 0.6) is 11.5 Å². The van der Waals surface area contributed by atoms with Crippen molar-refractivity contribution >= 4 is 39.3 Å². The van der Waals surface area contributed by atoms with Gasteiger partial charge in [-0.05, 0) is 41.8 Å². The van der Waals surface area contributed by atoms with Crippen molar-refractivity contribution < 1.29 is 43.9 Å². The highest BCUT2D eigenvalue weighted by Gasteiger charge is 2.26. The fourth-order valence-electron chi connectivity index (χ4n) is 2.84. The summed E-state index contributed by atoms with van der Waals surface area (Å²) in [5.74, 6) is -1.90. The summed E-state index contributed by atoms with van der Waals surface area (Å²) in [7, 11) is -16.2. The van der Waals surface area contributed by atoms with Crippen molar-refractivity contribution in [2.75, 3.05) is 25.0 Å². The minimum atomic E-state index is -4.05. The summed E-state index contributed by atoms with van der Waals surface area (Å²) >= 11 is 0. The Bertz CT molecular complexity index is 1280. The van der Waals surface area contributed by atoms with E-state index in [2.05, 4.69) is 0 Å². The van der Waals surface area contributed by atoms with E-state index < -0.39 is 70.4 Å². The van der Waals surface area contributed by atoms with Crippen molar-refractivity contribution in [3.05, 3.63) is 35.4 Å². The SMILES string of the molecule is CS(=O)(=O)c1cc(Cc2cc(S(C)(=O)=O)c(O)c(S(C)(=O)=O)c2)cc(S(C)(=O)=O)c1O. The van der Waals surface area contributed by atoms with E-state index in [1.165, 1.54) is 0 Å². The molecule has 0 saturated heterocycles. The molecule has 10 nitrogen and oxygen atoms in total. The third-order valence-electron chi connectivity index (χ3n) is 4.21. The monoisotopic (exact) mass is 512 g/mol. The summed E-state index contributed by atoms with van der Waals surface area (Å²) in [6, 6.07) is 4.03. The van der Waals surface area contributed by atoms with Crippen LogP contribution in [-0.2, 0) is 45.8 Å². The van der Waals surface area contributed by atoms with Gasteiger partial charge in [0.1, 0.15) is 19.6 Å². The van der Waals surface area contributed by atoms with Gasteiger partial charge in [0.25, 0.3) is 0 Å². The van der Waals surface area contributed by atoms with Gasteiger partial charge in [-0.25, -0.2) is 33.7 Å². The summed E-state index contributed by atoms with van der Waals surface area (Å²) in [5.41, 5.74) is 0.0893. The molecule has 0 amide bonds. The number of phenols is 2. The molecule has 14 heteroatoms. The lowest BCUT2D eigenvalue weighted by molar-refractivity contribution is 0.442. The number of sulfone groups is 4. The Kier molecular flexibility index (Phi) is 6.28. The van der Waals surface area contributed by atoms with E-state index in [4.69, 9.17) is 0 Å². The third-order valence-corrected chi connectivity index (χ3v) is 8.65. The lowest BCUT2D eigenvalue weighted by Gasteiger charge is -2.14. The Morgan fingerprint density at radius 3 is 0.871 bits per heavy atom. The van der Waals surface area contributed by atoms with Crippen LogP contribution in [0.15, 0.2) is 43.8 Å². The lowest BCUT2D eigenvalue weighted by Crippen LogP contribution is -2.07. The number of hydrogen-bond acceptors (Lipinski definition) is 10. The Balaban J connectivity index is 2.85. The van der Waals surface area contributed by atoms with Gasteiger partial charge in [-0.1, -0.05) is 0 Å². The quantitative estimate of drug-likeness (QED) is 0.547. The summed E-state index contributed by atoms with van der Waals surface area (Å²) in [4.78, 5) is -2.63. The summed E-state index contributed by atoms with van der Waals surface area (Å²) < 4.78 is 96.1. The second-order valence-corrected chi connectivity index (χ2v) is 15.1. The maximum Gasteiger partial charge on any atom is 0.179 e. The van der Waals surface area contributed by atoms with E-state index in [0.29, 0.717) is 0 Å². The van der Waals surface area contributed by atoms with Crippen LogP contribution < -0.4 is 0 Å². The average Bonchev–Trinajstić information content (AvgIpc) is 2.53. The number of phenolic OH excluding ortho intramolecular Hbond substituents is 2. The number of benzene rings is 2. The molecule has 0 aliphatic heterocycles. The first kappa shape index (κ1) is 25.1. The van der Waals surface area contributed by atoms with Crippen molar-refractivity contribution in [2.24, 2.45) is 0 Å². The minimum Gasteiger partial charge on any atom is -0.505 e. The molecule has 0 radical (unpaired) electrons. The zero-order valence-electron chi connectivity index (χ0n) is 16.8. The first-order valence-electron chi connectivity index (χ1n) is 8.25. The second-order valence-electron chi connectivity index (χ2n) is 7.15. The van der Waals surface area contributed by atoms with Crippen molar-refractivity contribution in [1.29, 1.82) is 0 Å². The predicted octanol–water partition coefficient (Wildman–Crippen LogP) is 0.303. The Labute approximate surface area is 180 Å². The van der Waals surface area contributed by atoms with Gasteiger partial charge in [0.15, 0.2) is 50.8 Å². The molecular formula is C17H20O10S4. The van der Waals surface area contributed by atoms with E-state index in [0.717, 1.165) is 49.3 Å². The topological polar surface area (TPSA) is 177 Å². The summed E-state index contributed by atoms with van der Waals surface area (Å²) in [5, 5.41) is 20.3. The van der Waals surface area contributed by atoms with Gasteiger partial charge in [-0.2, -0.15) is 0 Å². The lowest BCUT2D eigenvalue weighted by atomic mass is 10.0. The molecule has 2 rings (SSSR count). The molecular weight excluding hydrogens is 492 g/mol. The molecule has 0 saturated carbocycles. The van der Waals surface area contributed by atoms with Crippen LogP contribution >= 0.6 is 0 Å². The molecule has 2 N–H and O–H groups in total. The molecule has 0 atom stereocenters. The first-order chi connectivity index (χ1) is 13.7. The van der Waals surface area contributed by atoms with E-state index >= 15 is 0 Å². The number of rotatable bonds is 6. The molecule has 172 valence electrons. The standard InChI is InChI=1S/C17H20O10S4/c1-28(20,21)12-6-10(7-13(16(12)18)29(2,22)23)5-11-8-14(30(3,24)25)17(19)15(9-11)31(4,26)27/h6-9,18-19H,5H2,1-4H3. The van der Waals surface area contributed by atoms with E-state index in [-0.39, 0.29) is 17.5 Å². The average molecular weight is 513 g/mol. The molecule has 0 heterocycles. The smallest absolute Gasteiger partial charge is 0.179 e. The highest BCUT2D eigenvalue weighted by atomic mass is 32.2. The predicted molar refractivity (Wildman–Crippen MR) is 111 cm³/mol. The zero-order chi connectivity index (χ0) is 24.2. The second kappa shape index (κ2) is 7.76. The van der Waals surface area contributed by atoms with Crippen molar-refractivity contribution in [2.45, 2.75) is 26.0 Å². The number of hydrogen-bond donors (Lipinski definition) is 2. The maximum atomic E-state index is 12.0. The van der Waals surface area contributed by atoms with Crippen LogP contribution in [0.4, 0.5) is 0 Å². The Hall–Kier alpha value is -2.16. The molecule has 0 fully saturated rings. The van der Waals surface area contributed by atoms with Crippen molar-refractivity contribution in [3.63, 3.8) is 0 Å². The van der Waals surface area contributed by atoms with Gasteiger partial charge >= 0.3 is 0 Å². The van der Waals surface area contributed by atoms with Gasteiger partial charge in [0.2, 0.25) is 0 Å². The van der Waals surface area contributed by atoms with Gasteiger partial charge in [0, 0.05) is 25.0 Å². The van der Waals surface area contributed by atoms with E-state index in [9.17, 15) is 43.9 Å². The van der Waals surface area contributed by atoms with Gasteiger partial charge in [0.05, 0.1) is 0 Å². The van der Waals surface area contributed by atoms with Crippen molar-refractivity contribution in [1.82, 2.24) is 0 Å². The normalized spacial score (nSPS) is 13.3. The van der Waals surface area contributed by atoms with Crippen LogP contribution in [0, 0.1) is 0 Å². The zero-order valence-corrected chi connectivity index (χ0v) is 20.1. The van der Waals surface area contributed by atoms with E-state index in [1.807, 2.05) is 0 Å². The molecule has 2 aromatic carbocycles. The molecule has 0 unspecified atom stereocenters. The van der Waals surface area contributed by atoms with Crippen LogP contribution in [-0.4, -0.2) is 68.9 Å². The molecule has 31 heavy (non-hydrogen) atoms. The summed E-state index contributed by atoms with van der Waals surface area (Å²) in [6.07, 6.45) is 2.77. The fourth-order valence-corrected chi connectivity index (χ4v) is 6.28. The molecule has 0 spiro atoms. The van der Waals surface area contributed by atoms with Crippen molar-refractivity contribution in [3.8, 4) is 11.5 Å². The number of aromatic hydroxyl groups is 2. The molecule has 0 aromatic heterocycles. The Morgan fingerprint density at radius 1 is 0.516 bits per heavy atom. The first-order valence-corrected chi connectivity index (χ1v) is 15.8. The maximum absolute atomic E-state index is 12.0. The van der Waals surface area contributed by atoms with E-state index in [1.54, 1.807) is 0 Å². The van der Waals surface area contributed by atoms with Crippen LogP contribution in [0.3, 0.4) is 0 Å². The molecule has 0 aliphatic rings. The van der Waals surface area contributed by atoms with Crippen LogP contribution in [0.1, 0.15) is 11.1 Å². The van der Waals surface area contributed by atoms with Crippen LogP contribution in [0.2, 0.25) is 0 Å². The Morgan fingerprint density at radius 2 is 0.710 bits per heavy atom.